The molecule has 1 aromatic heterocycles. The number of aromatic nitrogens is 1. The number of sulfonamides is 1. The number of nitro groups is 1. The van der Waals surface area contributed by atoms with Crippen LogP contribution in [0.25, 0.3) is 0 Å². The molecule has 0 fully saturated rings. The van der Waals surface area contributed by atoms with Crippen LogP contribution < -0.4 is 4.72 Å². The van der Waals surface area contributed by atoms with E-state index in [0.717, 1.165) is 0 Å². The van der Waals surface area contributed by atoms with Gasteiger partial charge in [-0.15, -0.1) is 0 Å². The van der Waals surface area contributed by atoms with Crippen molar-refractivity contribution in [3.63, 3.8) is 0 Å². The van der Waals surface area contributed by atoms with Gasteiger partial charge in [0.15, 0.2) is 0 Å². The van der Waals surface area contributed by atoms with Gasteiger partial charge in [-0.25, -0.2) is 13.4 Å². The zero-order chi connectivity index (χ0) is 15.5. The largest absolute Gasteiger partial charge is 0.282 e. The molecule has 0 aliphatic rings. The third-order valence-corrected chi connectivity index (χ3v) is 3.99. The molecule has 0 radical (unpaired) electrons. The molecule has 1 aromatic carbocycles. The Kier molecular flexibility index (Phi) is 4.39. The summed E-state index contributed by atoms with van der Waals surface area (Å²) in [5.74, 6) is -0.298. The zero-order valence-corrected chi connectivity index (χ0v) is 12.1. The highest BCUT2D eigenvalue weighted by Crippen LogP contribution is 2.16. The first-order valence-corrected chi connectivity index (χ1v) is 7.74. The molecule has 0 saturated heterocycles. The third kappa shape index (κ3) is 4.40. The molecule has 0 spiro atoms. The lowest BCUT2D eigenvalue weighted by Crippen LogP contribution is -2.15. The van der Waals surface area contributed by atoms with Crippen molar-refractivity contribution in [2.75, 3.05) is 4.72 Å². The Hall–Kier alpha value is -2.19. The van der Waals surface area contributed by atoms with E-state index in [2.05, 4.69) is 9.71 Å². The highest BCUT2D eigenvalue weighted by Gasteiger charge is 2.13. The van der Waals surface area contributed by atoms with Crippen LogP contribution in [0.3, 0.4) is 0 Å². The summed E-state index contributed by atoms with van der Waals surface area (Å²) in [4.78, 5) is 13.7. The van der Waals surface area contributed by atoms with Gasteiger partial charge >= 0.3 is 0 Å². The number of halogens is 1. The fourth-order valence-corrected chi connectivity index (χ4v) is 2.88. The van der Waals surface area contributed by atoms with Gasteiger partial charge in [0.05, 0.1) is 22.6 Å². The van der Waals surface area contributed by atoms with Gasteiger partial charge in [0.1, 0.15) is 5.15 Å². The molecule has 0 aliphatic carbocycles. The first kappa shape index (κ1) is 15.2. The normalized spacial score (nSPS) is 11.1. The molecule has 2 aromatic rings. The number of pyridine rings is 1. The number of nitro benzene ring substituents is 1. The number of nitrogens with one attached hydrogen (secondary N) is 1. The second-order valence-electron chi connectivity index (χ2n) is 4.15. The molecule has 7 nitrogen and oxygen atoms in total. The van der Waals surface area contributed by atoms with E-state index < -0.39 is 14.9 Å². The highest BCUT2D eigenvalue weighted by molar-refractivity contribution is 7.91. The van der Waals surface area contributed by atoms with E-state index in [1.807, 2.05) is 0 Å². The van der Waals surface area contributed by atoms with Crippen molar-refractivity contribution in [3.05, 3.63) is 63.4 Å². The Bertz CT molecular complexity index is 745. The molecular weight excluding hydrogens is 318 g/mol. The number of rotatable bonds is 5. The van der Waals surface area contributed by atoms with Crippen LogP contribution in [-0.2, 0) is 15.8 Å². The molecule has 0 saturated carbocycles. The van der Waals surface area contributed by atoms with Gasteiger partial charge in [0.25, 0.3) is 5.69 Å². The minimum atomic E-state index is -3.64. The summed E-state index contributed by atoms with van der Waals surface area (Å²) in [6, 6.07) is 8.27. The number of benzene rings is 1. The molecule has 21 heavy (non-hydrogen) atoms. The SMILES string of the molecule is O=[N+]([O-])c1ccc(CS(=O)(=O)Nc2ccc(Cl)nc2)cc1. The Morgan fingerprint density at radius 3 is 2.38 bits per heavy atom. The molecule has 110 valence electrons. The highest BCUT2D eigenvalue weighted by atomic mass is 35.5. The molecule has 0 bridgehead atoms. The minimum Gasteiger partial charge on any atom is -0.282 e. The molecular formula is C12H10ClN3O4S. The van der Waals surface area contributed by atoms with E-state index in [0.29, 0.717) is 11.3 Å². The molecule has 1 N–H and O–H groups in total. The maximum absolute atomic E-state index is 12.0. The Labute approximate surface area is 125 Å². The third-order valence-electron chi connectivity index (χ3n) is 2.50. The fourth-order valence-electron chi connectivity index (χ4n) is 1.59. The summed E-state index contributed by atoms with van der Waals surface area (Å²) in [6.07, 6.45) is 1.30. The Morgan fingerprint density at radius 2 is 1.86 bits per heavy atom. The topological polar surface area (TPSA) is 102 Å². The van der Waals surface area contributed by atoms with Crippen LogP contribution >= 0.6 is 11.6 Å². The fraction of sp³-hybridized carbons (Fsp3) is 0.0833. The van der Waals surface area contributed by atoms with Gasteiger partial charge in [0, 0.05) is 12.1 Å². The maximum Gasteiger partial charge on any atom is 0.269 e. The van der Waals surface area contributed by atoms with Crippen LogP contribution in [0.1, 0.15) is 5.56 Å². The number of non-ortho nitro benzene ring substituents is 1. The van der Waals surface area contributed by atoms with Crippen molar-refractivity contribution in [1.29, 1.82) is 0 Å². The summed E-state index contributed by atoms with van der Waals surface area (Å²) < 4.78 is 26.3. The van der Waals surface area contributed by atoms with Crippen LogP contribution in [0.5, 0.6) is 0 Å². The van der Waals surface area contributed by atoms with Crippen LogP contribution in [-0.4, -0.2) is 18.3 Å². The van der Waals surface area contributed by atoms with Gasteiger partial charge in [-0.2, -0.15) is 0 Å². The number of nitrogens with zero attached hydrogens (tertiary/aromatic N) is 2. The summed E-state index contributed by atoms with van der Waals surface area (Å²) in [5, 5.41) is 10.8. The lowest BCUT2D eigenvalue weighted by molar-refractivity contribution is -0.384. The summed E-state index contributed by atoms with van der Waals surface area (Å²) in [5.41, 5.74) is 0.641. The van der Waals surface area contributed by atoms with Gasteiger partial charge in [0.2, 0.25) is 10.0 Å². The average molecular weight is 328 g/mol. The van der Waals surface area contributed by atoms with Crippen molar-refractivity contribution in [2.45, 2.75) is 5.75 Å². The first-order valence-electron chi connectivity index (χ1n) is 5.71. The van der Waals surface area contributed by atoms with Crippen molar-refractivity contribution in [2.24, 2.45) is 0 Å². The molecule has 1 heterocycles. The number of anilines is 1. The van der Waals surface area contributed by atoms with Gasteiger partial charge in [-0.1, -0.05) is 23.7 Å². The molecule has 0 unspecified atom stereocenters. The smallest absolute Gasteiger partial charge is 0.269 e. The monoisotopic (exact) mass is 327 g/mol. The van der Waals surface area contributed by atoms with Crippen molar-refractivity contribution in [3.8, 4) is 0 Å². The Morgan fingerprint density at radius 1 is 1.19 bits per heavy atom. The molecule has 0 amide bonds. The van der Waals surface area contributed by atoms with E-state index >= 15 is 0 Å². The van der Waals surface area contributed by atoms with Crippen LogP contribution in [0.4, 0.5) is 11.4 Å². The number of hydrogen-bond acceptors (Lipinski definition) is 5. The van der Waals surface area contributed by atoms with E-state index in [9.17, 15) is 18.5 Å². The van der Waals surface area contributed by atoms with Crippen molar-refractivity contribution < 1.29 is 13.3 Å². The van der Waals surface area contributed by atoms with Gasteiger partial charge in [-0.05, 0) is 17.7 Å². The zero-order valence-electron chi connectivity index (χ0n) is 10.6. The number of hydrogen-bond donors (Lipinski definition) is 1. The van der Waals surface area contributed by atoms with Gasteiger partial charge in [-0.3, -0.25) is 14.8 Å². The summed E-state index contributed by atoms with van der Waals surface area (Å²) in [6.45, 7) is 0. The van der Waals surface area contributed by atoms with Crippen LogP contribution in [0.2, 0.25) is 5.15 Å². The molecule has 9 heteroatoms. The quantitative estimate of drug-likeness (QED) is 0.516. The standard InChI is InChI=1S/C12H10ClN3O4S/c13-12-6-3-10(7-14-12)15-21(19,20)8-9-1-4-11(5-2-9)16(17)18/h1-7,15H,8H2. The van der Waals surface area contributed by atoms with Gasteiger partial charge < -0.3 is 0 Å². The second kappa shape index (κ2) is 6.06. The average Bonchev–Trinajstić information content (AvgIpc) is 2.41. The lowest BCUT2D eigenvalue weighted by Gasteiger charge is -2.07. The first-order chi connectivity index (χ1) is 9.85. The molecule has 2 rings (SSSR count). The van der Waals surface area contributed by atoms with E-state index in [4.69, 9.17) is 11.6 Å². The van der Waals surface area contributed by atoms with Crippen molar-refractivity contribution in [1.82, 2.24) is 4.98 Å². The van der Waals surface area contributed by atoms with E-state index in [1.54, 1.807) is 0 Å². The second-order valence-corrected chi connectivity index (χ2v) is 6.26. The van der Waals surface area contributed by atoms with Crippen LogP contribution in [0, 0.1) is 10.1 Å². The molecule has 0 atom stereocenters. The summed E-state index contributed by atoms with van der Waals surface area (Å²) >= 11 is 5.61. The van der Waals surface area contributed by atoms with E-state index in [-0.39, 0.29) is 16.6 Å². The maximum atomic E-state index is 12.0. The predicted molar refractivity (Wildman–Crippen MR) is 78.6 cm³/mol. The lowest BCUT2D eigenvalue weighted by atomic mass is 10.2. The van der Waals surface area contributed by atoms with Crippen molar-refractivity contribution >= 4 is 33.0 Å². The van der Waals surface area contributed by atoms with Crippen LogP contribution in [0.15, 0.2) is 42.6 Å². The minimum absolute atomic E-state index is 0.0917. The predicted octanol–water partition coefficient (Wildman–Crippen LogP) is 2.59. The Balaban J connectivity index is 2.10. The summed E-state index contributed by atoms with van der Waals surface area (Å²) in [7, 11) is -3.64. The molecule has 0 aliphatic heterocycles. The van der Waals surface area contributed by atoms with E-state index in [1.165, 1.54) is 42.6 Å².